The van der Waals surface area contributed by atoms with E-state index in [1.165, 1.54) is 154 Å². The zero-order valence-electron chi connectivity index (χ0n) is 44.4. The van der Waals surface area contributed by atoms with Gasteiger partial charge in [0, 0.05) is 6.42 Å². The first-order valence-electron chi connectivity index (χ1n) is 27.8. The molecule has 0 aromatic carbocycles. The van der Waals surface area contributed by atoms with Gasteiger partial charge in [0.05, 0.1) is 39.9 Å². The van der Waals surface area contributed by atoms with Gasteiger partial charge >= 0.3 is 7.82 Å². The molecule has 9 heteroatoms. The van der Waals surface area contributed by atoms with E-state index in [0.29, 0.717) is 17.4 Å². The maximum Gasteiger partial charge on any atom is 0.472 e. The Labute approximate surface area is 414 Å². The van der Waals surface area contributed by atoms with Crippen molar-refractivity contribution in [2.75, 3.05) is 40.9 Å². The molecule has 3 atom stereocenters. The minimum absolute atomic E-state index is 0.0518. The first-order chi connectivity index (χ1) is 32.5. The molecule has 0 saturated heterocycles. The maximum absolute atomic E-state index is 12.9. The van der Waals surface area contributed by atoms with Crippen molar-refractivity contribution < 1.29 is 32.9 Å². The van der Waals surface area contributed by atoms with E-state index in [0.717, 1.165) is 64.2 Å². The third-order valence-electron chi connectivity index (χ3n) is 12.1. The van der Waals surface area contributed by atoms with E-state index >= 15 is 0 Å². The van der Waals surface area contributed by atoms with Gasteiger partial charge in [-0.2, -0.15) is 0 Å². The number of phosphoric acid groups is 1. The summed E-state index contributed by atoms with van der Waals surface area (Å²) < 4.78 is 23.6. The molecule has 0 aromatic heterocycles. The van der Waals surface area contributed by atoms with E-state index in [-0.39, 0.29) is 19.1 Å². The van der Waals surface area contributed by atoms with E-state index in [1.54, 1.807) is 6.08 Å². The Morgan fingerprint density at radius 1 is 0.507 bits per heavy atom. The van der Waals surface area contributed by atoms with Crippen molar-refractivity contribution in [1.29, 1.82) is 0 Å². The quantitative estimate of drug-likeness (QED) is 0.0243. The summed E-state index contributed by atoms with van der Waals surface area (Å²) in [4.78, 5) is 23.2. The Hall–Kier alpha value is -2.06. The number of carbonyl (C=O) groups is 1. The summed E-state index contributed by atoms with van der Waals surface area (Å²) >= 11 is 0. The van der Waals surface area contributed by atoms with Crippen LogP contribution in [0.15, 0.2) is 72.9 Å². The van der Waals surface area contributed by atoms with Crippen LogP contribution in [0, 0.1) is 0 Å². The van der Waals surface area contributed by atoms with E-state index in [1.807, 2.05) is 27.2 Å². The summed E-state index contributed by atoms with van der Waals surface area (Å²) in [5.74, 6) is -0.193. The lowest BCUT2D eigenvalue weighted by Crippen LogP contribution is -2.45. The first kappa shape index (κ1) is 64.9. The van der Waals surface area contributed by atoms with Gasteiger partial charge in [0.15, 0.2) is 0 Å². The molecule has 390 valence electrons. The lowest BCUT2D eigenvalue weighted by Gasteiger charge is -2.25. The van der Waals surface area contributed by atoms with Gasteiger partial charge in [-0.15, -0.1) is 0 Å². The number of likely N-dealkylation sites (N-methyl/N-ethyl adjacent to an activating group) is 1. The van der Waals surface area contributed by atoms with Gasteiger partial charge in [-0.3, -0.25) is 13.8 Å². The van der Waals surface area contributed by atoms with Crippen LogP contribution in [0.5, 0.6) is 0 Å². The molecule has 67 heavy (non-hydrogen) atoms. The van der Waals surface area contributed by atoms with Gasteiger partial charge in [-0.1, -0.05) is 228 Å². The maximum atomic E-state index is 12.9. The number of hydrogen-bond acceptors (Lipinski definition) is 5. The largest absolute Gasteiger partial charge is 0.472 e. The highest BCUT2D eigenvalue weighted by molar-refractivity contribution is 7.47. The number of aliphatic hydroxyl groups is 1. The number of phosphoric ester groups is 1. The Bertz CT molecular complexity index is 1320. The Morgan fingerprint density at radius 3 is 1.34 bits per heavy atom. The van der Waals surface area contributed by atoms with E-state index < -0.39 is 20.0 Å². The number of quaternary nitrogens is 1. The number of rotatable bonds is 50. The second kappa shape index (κ2) is 48.9. The van der Waals surface area contributed by atoms with E-state index in [4.69, 9.17) is 9.05 Å². The van der Waals surface area contributed by atoms with Gasteiger partial charge < -0.3 is 19.8 Å². The summed E-state index contributed by atoms with van der Waals surface area (Å²) in [5, 5.41) is 13.8. The van der Waals surface area contributed by atoms with Crippen LogP contribution in [-0.4, -0.2) is 73.4 Å². The molecule has 3 unspecified atom stereocenters. The van der Waals surface area contributed by atoms with Crippen molar-refractivity contribution in [2.24, 2.45) is 0 Å². The number of hydrogen-bond donors (Lipinski definition) is 3. The van der Waals surface area contributed by atoms with Gasteiger partial charge in [0.2, 0.25) is 5.91 Å². The highest BCUT2D eigenvalue weighted by Gasteiger charge is 2.27. The zero-order chi connectivity index (χ0) is 49.2. The molecule has 0 saturated carbocycles. The van der Waals surface area contributed by atoms with Gasteiger partial charge in [-0.05, 0) is 77.0 Å². The third-order valence-corrected chi connectivity index (χ3v) is 13.1. The molecule has 0 rings (SSSR count). The second-order valence-corrected chi connectivity index (χ2v) is 21.4. The van der Waals surface area contributed by atoms with Crippen LogP contribution in [0.25, 0.3) is 0 Å². The second-order valence-electron chi connectivity index (χ2n) is 19.9. The predicted octanol–water partition coefficient (Wildman–Crippen LogP) is 16.7. The number of nitrogens with one attached hydrogen (secondary N) is 1. The molecule has 0 spiro atoms. The molecule has 3 N–H and O–H groups in total. The number of carbonyl (C=O) groups excluding carboxylic acids is 1. The third kappa shape index (κ3) is 51.6. The fourth-order valence-electron chi connectivity index (χ4n) is 7.71. The first-order valence-corrected chi connectivity index (χ1v) is 29.3. The molecule has 1 amide bonds. The van der Waals surface area contributed by atoms with Crippen LogP contribution < -0.4 is 5.32 Å². The number of unbranched alkanes of at least 4 members (excludes halogenated alkanes) is 27. The molecule has 0 fully saturated rings. The molecule has 0 heterocycles. The predicted molar refractivity (Wildman–Crippen MR) is 290 cm³/mol. The summed E-state index contributed by atoms with van der Waals surface area (Å²) in [7, 11) is 1.54. The van der Waals surface area contributed by atoms with Crippen molar-refractivity contribution >= 4 is 13.7 Å². The van der Waals surface area contributed by atoms with Crippen LogP contribution in [-0.2, 0) is 18.4 Å². The number of amides is 1. The van der Waals surface area contributed by atoms with Gasteiger partial charge in [-0.25, -0.2) is 4.57 Å². The molecular weight excluding hydrogens is 852 g/mol. The summed E-state index contributed by atoms with van der Waals surface area (Å²) in [6.45, 7) is 4.72. The molecule has 0 aromatic rings. The molecule has 0 aliphatic carbocycles. The molecule has 8 nitrogen and oxygen atoms in total. The fraction of sp³-hybridized carbons (Fsp3) is 0.776. The highest BCUT2D eigenvalue weighted by Crippen LogP contribution is 2.43. The van der Waals surface area contributed by atoms with Crippen molar-refractivity contribution in [3.63, 3.8) is 0 Å². The van der Waals surface area contributed by atoms with Crippen LogP contribution in [0.2, 0.25) is 0 Å². The minimum atomic E-state index is -4.35. The molecule has 0 radical (unpaired) electrons. The van der Waals surface area contributed by atoms with Crippen molar-refractivity contribution in [1.82, 2.24) is 5.32 Å². The van der Waals surface area contributed by atoms with E-state index in [9.17, 15) is 19.4 Å². The summed E-state index contributed by atoms with van der Waals surface area (Å²) in [6.07, 6.45) is 67.3. The van der Waals surface area contributed by atoms with Crippen LogP contribution in [0.4, 0.5) is 0 Å². The molecule has 0 bridgehead atoms. The van der Waals surface area contributed by atoms with Crippen LogP contribution in [0.3, 0.4) is 0 Å². The van der Waals surface area contributed by atoms with Crippen molar-refractivity contribution in [3.8, 4) is 0 Å². The Balaban J connectivity index is 4.04. The topological polar surface area (TPSA) is 105 Å². The zero-order valence-corrected chi connectivity index (χ0v) is 45.3. The molecular formula is C58H108N2O6P+. The summed E-state index contributed by atoms with van der Waals surface area (Å²) in [6, 6.07) is -0.870. The Morgan fingerprint density at radius 2 is 0.881 bits per heavy atom. The minimum Gasteiger partial charge on any atom is -0.387 e. The van der Waals surface area contributed by atoms with Crippen LogP contribution in [0.1, 0.15) is 239 Å². The van der Waals surface area contributed by atoms with Crippen LogP contribution >= 0.6 is 7.82 Å². The molecule has 0 aliphatic rings. The fourth-order valence-corrected chi connectivity index (χ4v) is 8.45. The van der Waals surface area contributed by atoms with E-state index in [2.05, 4.69) is 79.9 Å². The average molecular weight is 960 g/mol. The number of aliphatic hydroxyl groups excluding tert-OH is 1. The highest BCUT2D eigenvalue weighted by atomic mass is 31.2. The summed E-state index contributed by atoms with van der Waals surface area (Å²) in [5.41, 5.74) is 0. The van der Waals surface area contributed by atoms with Crippen molar-refractivity contribution in [3.05, 3.63) is 72.9 Å². The lowest BCUT2D eigenvalue weighted by molar-refractivity contribution is -0.870. The number of nitrogens with zero attached hydrogens (tertiary/aromatic N) is 1. The average Bonchev–Trinajstić information content (AvgIpc) is 3.29. The number of allylic oxidation sites excluding steroid dienone is 11. The monoisotopic (exact) mass is 960 g/mol. The molecule has 0 aliphatic heterocycles. The van der Waals surface area contributed by atoms with Crippen molar-refractivity contribution in [2.45, 2.75) is 251 Å². The Kier molecular flexibility index (Phi) is 47.4. The SMILES string of the molecule is CCCC/C=C/CC/C=C/CC/C=C/C(O)C(COP(=O)(O)OCC[N+](C)(C)C)NC(=O)CCCCCCCCCCCCCCCCCCCC/C=C\C/C=C\C/C=C\CCCCCCC. The van der Waals surface area contributed by atoms with Gasteiger partial charge in [0.25, 0.3) is 0 Å². The van der Waals surface area contributed by atoms with Gasteiger partial charge in [0.1, 0.15) is 13.2 Å². The normalized spacial score (nSPS) is 14.6. The standard InChI is InChI=1S/C58H107N2O6P/c1-6-8-10-12-14-16-18-20-21-22-23-24-25-26-27-28-29-30-31-32-33-34-35-36-37-38-39-40-42-44-46-48-50-52-58(62)59-56(55-66-67(63,64)65-54-53-60(3,4)5)57(61)51-49-47-45-43-41-19-17-15-13-11-9-7-2/h13,15,18,20,22-23,25-26,41,43,49,51,56-57,61H,6-12,14,16-17,19,21,24,27-40,42,44-48,50,52-55H2,1-5H3,(H-,59,62,63,64)/p+1/b15-13+,20-18-,23-22-,26-25-,43-41+,51-49+. The lowest BCUT2D eigenvalue weighted by atomic mass is 10.0. The smallest absolute Gasteiger partial charge is 0.387 e.